The first-order valence-corrected chi connectivity index (χ1v) is 10.7. The molecule has 7 heteroatoms. The lowest BCUT2D eigenvalue weighted by Crippen LogP contribution is -2.51. The highest BCUT2D eigenvalue weighted by Gasteiger charge is 2.25. The number of amides is 2. The van der Waals surface area contributed by atoms with E-state index in [2.05, 4.69) is 4.98 Å². The summed E-state index contributed by atoms with van der Waals surface area (Å²) < 4.78 is 5.20. The minimum absolute atomic E-state index is 0.0343. The molecule has 1 fully saturated rings. The summed E-state index contributed by atoms with van der Waals surface area (Å²) in [4.78, 5) is 33.7. The first kappa shape index (κ1) is 20.1. The minimum Gasteiger partial charge on any atom is -0.497 e. The summed E-state index contributed by atoms with van der Waals surface area (Å²) in [6.45, 7) is 2.11. The number of carbonyl (C=O) groups excluding carboxylic acids is 2. The summed E-state index contributed by atoms with van der Waals surface area (Å²) in [6, 6.07) is 17.1. The van der Waals surface area contributed by atoms with Crippen molar-refractivity contribution in [1.82, 2.24) is 14.8 Å². The molecule has 1 aliphatic heterocycles. The number of nitrogens with zero attached hydrogens (tertiary/aromatic N) is 3. The highest BCUT2D eigenvalue weighted by Crippen LogP contribution is 2.24. The van der Waals surface area contributed by atoms with Crippen LogP contribution in [0.4, 0.5) is 0 Å². The summed E-state index contributed by atoms with van der Waals surface area (Å²) in [5, 5.41) is 2.87. The lowest BCUT2D eigenvalue weighted by molar-refractivity contribution is -0.132. The molecule has 0 spiro atoms. The van der Waals surface area contributed by atoms with Gasteiger partial charge in [-0.25, -0.2) is 4.98 Å². The molecule has 2 amide bonds. The van der Waals surface area contributed by atoms with Gasteiger partial charge in [-0.1, -0.05) is 36.4 Å². The van der Waals surface area contributed by atoms with E-state index in [-0.39, 0.29) is 18.2 Å². The minimum atomic E-state index is -0.0343. The molecule has 30 heavy (non-hydrogen) atoms. The zero-order valence-electron chi connectivity index (χ0n) is 16.8. The summed E-state index contributed by atoms with van der Waals surface area (Å²) in [6.07, 6.45) is 0.285. The summed E-state index contributed by atoms with van der Waals surface area (Å²) in [5.41, 5.74) is 2.45. The smallest absolute Gasteiger partial charge is 0.254 e. The van der Waals surface area contributed by atoms with Gasteiger partial charge in [0.05, 0.1) is 19.2 Å². The number of piperazine rings is 1. The highest BCUT2D eigenvalue weighted by molar-refractivity contribution is 7.13. The maximum atomic E-state index is 12.7. The normalized spacial score (nSPS) is 13.9. The molecule has 0 saturated carbocycles. The molecule has 0 unspecified atom stereocenters. The number of carbonyl (C=O) groups is 2. The van der Waals surface area contributed by atoms with E-state index >= 15 is 0 Å². The van der Waals surface area contributed by atoms with Crippen molar-refractivity contribution in [2.24, 2.45) is 0 Å². The SMILES string of the molecule is COc1cccc(C(=O)N2CCN(C(=O)Cc3csc(-c4ccccc4)n3)CC2)c1. The summed E-state index contributed by atoms with van der Waals surface area (Å²) in [5.74, 6) is 0.675. The average Bonchev–Trinajstić information content (AvgIpc) is 3.28. The van der Waals surface area contributed by atoms with Crippen LogP contribution in [0.5, 0.6) is 5.75 Å². The van der Waals surface area contributed by atoms with Crippen LogP contribution in [0.1, 0.15) is 16.1 Å². The topological polar surface area (TPSA) is 62.7 Å². The predicted octanol–water partition coefficient (Wildman–Crippen LogP) is 3.35. The van der Waals surface area contributed by atoms with Gasteiger partial charge in [0.2, 0.25) is 5.91 Å². The molecule has 1 aromatic heterocycles. The summed E-state index contributed by atoms with van der Waals surface area (Å²) >= 11 is 1.55. The molecular formula is C23H23N3O3S. The third-order valence-electron chi connectivity index (χ3n) is 5.14. The Morgan fingerprint density at radius 1 is 1.00 bits per heavy atom. The second-order valence-corrected chi connectivity index (χ2v) is 7.95. The van der Waals surface area contributed by atoms with Crippen LogP contribution in [0, 0.1) is 0 Å². The van der Waals surface area contributed by atoms with Crippen molar-refractivity contribution in [3.05, 3.63) is 71.2 Å². The number of rotatable bonds is 5. The van der Waals surface area contributed by atoms with Crippen LogP contribution in [0.2, 0.25) is 0 Å². The Morgan fingerprint density at radius 2 is 1.73 bits per heavy atom. The maximum absolute atomic E-state index is 12.7. The molecule has 0 atom stereocenters. The third-order valence-corrected chi connectivity index (χ3v) is 6.08. The van der Waals surface area contributed by atoms with Gasteiger partial charge >= 0.3 is 0 Å². The largest absolute Gasteiger partial charge is 0.497 e. The van der Waals surface area contributed by atoms with Crippen molar-refractivity contribution in [2.75, 3.05) is 33.3 Å². The van der Waals surface area contributed by atoms with Crippen LogP contribution < -0.4 is 4.74 Å². The van der Waals surface area contributed by atoms with Gasteiger partial charge in [0, 0.05) is 42.7 Å². The zero-order chi connectivity index (χ0) is 20.9. The van der Waals surface area contributed by atoms with Crippen LogP contribution in [-0.2, 0) is 11.2 Å². The van der Waals surface area contributed by atoms with Crippen molar-refractivity contribution in [3.63, 3.8) is 0 Å². The number of hydrogen-bond acceptors (Lipinski definition) is 5. The van der Waals surface area contributed by atoms with Crippen molar-refractivity contribution in [1.29, 1.82) is 0 Å². The molecule has 0 aliphatic carbocycles. The van der Waals surface area contributed by atoms with Gasteiger partial charge in [-0.05, 0) is 18.2 Å². The number of aromatic nitrogens is 1. The van der Waals surface area contributed by atoms with E-state index in [1.165, 1.54) is 0 Å². The van der Waals surface area contributed by atoms with E-state index in [9.17, 15) is 9.59 Å². The molecule has 4 rings (SSSR count). The van der Waals surface area contributed by atoms with Crippen molar-refractivity contribution < 1.29 is 14.3 Å². The van der Waals surface area contributed by atoms with Crippen LogP contribution >= 0.6 is 11.3 Å². The Hall–Kier alpha value is -3.19. The van der Waals surface area contributed by atoms with Crippen LogP contribution in [0.15, 0.2) is 60.0 Å². The van der Waals surface area contributed by atoms with Crippen LogP contribution in [0.3, 0.4) is 0 Å². The fourth-order valence-electron chi connectivity index (χ4n) is 3.47. The quantitative estimate of drug-likeness (QED) is 0.634. The Balaban J connectivity index is 1.32. The Morgan fingerprint density at radius 3 is 2.47 bits per heavy atom. The number of benzene rings is 2. The summed E-state index contributed by atoms with van der Waals surface area (Å²) in [7, 11) is 1.58. The van der Waals surface area contributed by atoms with Gasteiger partial charge in [-0.2, -0.15) is 0 Å². The molecule has 6 nitrogen and oxygen atoms in total. The second-order valence-electron chi connectivity index (χ2n) is 7.09. The molecule has 0 N–H and O–H groups in total. The van der Waals surface area contributed by atoms with Gasteiger partial charge in [-0.3, -0.25) is 9.59 Å². The van der Waals surface area contributed by atoms with E-state index in [1.54, 1.807) is 35.5 Å². The molecule has 0 bridgehead atoms. The van der Waals surface area contributed by atoms with E-state index in [0.717, 1.165) is 16.3 Å². The lowest BCUT2D eigenvalue weighted by Gasteiger charge is -2.34. The van der Waals surface area contributed by atoms with Gasteiger partial charge in [0.1, 0.15) is 10.8 Å². The molecule has 3 aromatic rings. The van der Waals surface area contributed by atoms with Crippen molar-refractivity contribution in [3.8, 4) is 16.3 Å². The van der Waals surface area contributed by atoms with Crippen molar-refractivity contribution in [2.45, 2.75) is 6.42 Å². The standard InChI is InChI=1S/C23H23N3O3S/c1-29-20-9-5-8-18(14-20)23(28)26-12-10-25(11-13-26)21(27)15-19-16-30-22(24-19)17-6-3-2-4-7-17/h2-9,14,16H,10-13,15H2,1H3. The first-order valence-electron chi connectivity index (χ1n) is 9.85. The van der Waals surface area contributed by atoms with Gasteiger partial charge in [0.25, 0.3) is 5.91 Å². The lowest BCUT2D eigenvalue weighted by atomic mass is 10.1. The van der Waals surface area contributed by atoms with Crippen LogP contribution in [0.25, 0.3) is 10.6 Å². The Labute approximate surface area is 179 Å². The van der Waals surface area contributed by atoms with E-state index in [1.807, 2.05) is 52.7 Å². The average molecular weight is 422 g/mol. The maximum Gasteiger partial charge on any atom is 0.254 e. The molecule has 1 saturated heterocycles. The second kappa shape index (κ2) is 9.09. The number of methoxy groups -OCH3 is 1. The molecule has 1 aliphatic rings. The Bertz CT molecular complexity index is 1030. The van der Waals surface area contributed by atoms with Crippen LogP contribution in [-0.4, -0.2) is 59.9 Å². The van der Waals surface area contributed by atoms with Gasteiger partial charge < -0.3 is 14.5 Å². The van der Waals surface area contributed by atoms with Gasteiger partial charge in [-0.15, -0.1) is 11.3 Å². The number of ether oxygens (including phenoxy) is 1. The fourth-order valence-corrected chi connectivity index (χ4v) is 4.29. The van der Waals surface area contributed by atoms with E-state index in [0.29, 0.717) is 37.5 Å². The highest BCUT2D eigenvalue weighted by atomic mass is 32.1. The van der Waals surface area contributed by atoms with Gasteiger partial charge in [0.15, 0.2) is 0 Å². The Kier molecular flexibility index (Phi) is 6.09. The number of hydrogen-bond donors (Lipinski definition) is 0. The molecule has 154 valence electrons. The third kappa shape index (κ3) is 4.52. The van der Waals surface area contributed by atoms with E-state index in [4.69, 9.17) is 4.74 Å². The number of thiazole rings is 1. The van der Waals surface area contributed by atoms with E-state index < -0.39 is 0 Å². The first-order chi connectivity index (χ1) is 14.6. The molecule has 0 radical (unpaired) electrons. The zero-order valence-corrected chi connectivity index (χ0v) is 17.6. The molecular weight excluding hydrogens is 398 g/mol. The molecule has 2 aromatic carbocycles. The monoisotopic (exact) mass is 421 g/mol. The molecule has 2 heterocycles. The fraction of sp³-hybridized carbons (Fsp3) is 0.261. The predicted molar refractivity (Wildman–Crippen MR) is 117 cm³/mol. The van der Waals surface area contributed by atoms with Crippen molar-refractivity contribution >= 4 is 23.2 Å².